The van der Waals surface area contributed by atoms with Crippen molar-refractivity contribution >= 4 is 29.1 Å². The van der Waals surface area contributed by atoms with Gasteiger partial charge in [0.1, 0.15) is 0 Å². The van der Waals surface area contributed by atoms with E-state index in [1.165, 1.54) is 12.1 Å². The summed E-state index contributed by atoms with van der Waals surface area (Å²) in [6.07, 6.45) is -4.47. The number of para-hydroxylation sites is 2. The monoisotopic (exact) mass is 399 g/mol. The molecule has 0 N–H and O–H groups in total. The molecule has 0 radical (unpaired) electrons. The number of anilines is 2. The van der Waals surface area contributed by atoms with Gasteiger partial charge in [0.05, 0.1) is 5.56 Å². The third-order valence-corrected chi connectivity index (χ3v) is 5.54. The Morgan fingerprint density at radius 3 is 1.90 bits per heavy atom. The Labute approximate surface area is 173 Å². The molecule has 5 rings (SSSR count). The highest BCUT2D eigenvalue weighted by atomic mass is 19.4. The molecule has 30 heavy (non-hydrogen) atoms. The van der Waals surface area contributed by atoms with Crippen LogP contribution in [0.15, 0.2) is 103 Å². The van der Waals surface area contributed by atoms with Crippen LogP contribution in [0.3, 0.4) is 0 Å². The van der Waals surface area contributed by atoms with Gasteiger partial charge in [0.2, 0.25) is 0 Å². The Morgan fingerprint density at radius 1 is 0.600 bits per heavy atom. The molecule has 4 aromatic carbocycles. The smallest absolute Gasteiger partial charge is 0.376 e. The van der Waals surface area contributed by atoms with Crippen LogP contribution in [0.1, 0.15) is 5.56 Å². The first-order valence-corrected chi connectivity index (χ1v) is 9.74. The highest BCUT2D eigenvalue weighted by Crippen LogP contribution is 2.46. The quantitative estimate of drug-likeness (QED) is 0.395. The number of halogens is 3. The highest BCUT2D eigenvalue weighted by molar-refractivity contribution is 6.90. The largest absolute Gasteiger partial charge is 0.418 e. The number of hydrogen-bond donors (Lipinski definition) is 0. The summed E-state index contributed by atoms with van der Waals surface area (Å²) in [6, 6.07) is 31.2. The zero-order chi connectivity index (χ0) is 20.7. The van der Waals surface area contributed by atoms with Gasteiger partial charge in [-0.2, -0.15) is 13.2 Å². The van der Waals surface area contributed by atoms with E-state index in [2.05, 4.69) is 0 Å². The zero-order valence-electron chi connectivity index (χ0n) is 16.0. The summed E-state index contributed by atoms with van der Waals surface area (Å²) in [5.41, 5.74) is 3.65. The van der Waals surface area contributed by atoms with Gasteiger partial charge in [-0.3, -0.25) is 0 Å². The molecule has 1 nitrogen and oxygen atoms in total. The molecule has 0 saturated heterocycles. The molecule has 1 heterocycles. The lowest BCUT2D eigenvalue weighted by Gasteiger charge is -2.40. The first-order chi connectivity index (χ1) is 14.6. The van der Waals surface area contributed by atoms with Crippen molar-refractivity contribution in [2.24, 2.45) is 0 Å². The van der Waals surface area contributed by atoms with E-state index in [1.807, 2.05) is 89.7 Å². The fraction of sp³-hybridized carbons (Fsp3) is 0.0400. The lowest BCUT2D eigenvalue weighted by atomic mass is 9.45. The van der Waals surface area contributed by atoms with Gasteiger partial charge in [-0.15, -0.1) is 0 Å². The van der Waals surface area contributed by atoms with E-state index < -0.39 is 11.7 Å². The number of alkyl halides is 3. The zero-order valence-corrected chi connectivity index (χ0v) is 16.0. The molecule has 0 unspecified atom stereocenters. The van der Waals surface area contributed by atoms with Crippen LogP contribution < -0.4 is 15.7 Å². The molecule has 0 spiro atoms. The Balaban J connectivity index is 1.90. The van der Waals surface area contributed by atoms with Gasteiger partial charge in [0.15, 0.2) is 0 Å². The second-order valence-corrected chi connectivity index (χ2v) is 7.31. The third kappa shape index (κ3) is 2.98. The maximum absolute atomic E-state index is 14.1. The van der Waals surface area contributed by atoms with E-state index in [0.29, 0.717) is 5.56 Å². The van der Waals surface area contributed by atoms with E-state index in [4.69, 9.17) is 0 Å². The molecule has 4 aromatic rings. The number of nitrogens with zero attached hydrogens (tertiary/aromatic N) is 1. The van der Waals surface area contributed by atoms with E-state index >= 15 is 0 Å². The summed E-state index contributed by atoms with van der Waals surface area (Å²) in [6.45, 7) is -0.374. The number of benzene rings is 4. The third-order valence-electron chi connectivity index (χ3n) is 5.54. The van der Waals surface area contributed by atoms with Crippen LogP contribution in [0.25, 0.3) is 11.1 Å². The Hall–Kier alpha value is -3.47. The van der Waals surface area contributed by atoms with Crippen LogP contribution >= 0.6 is 0 Å². The number of rotatable bonds is 2. The van der Waals surface area contributed by atoms with Gasteiger partial charge in [0.25, 0.3) is 0 Å². The Bertz CT molecular complexity index is 1190. The van der Waals surface area contributed by atoms with Crippen molar-refractivity contribution in [2.75, 3.05) is 4.81 Å². The minimum Gasteiger partial charge on any atom is -0.376 e. The second-order valence-electron chi connectivity index (χ2n) is 7.31. The first kappa shape index (κ1) is 18.6. The topological polar surface area (TPSA) is 3.24 Å². The molecule has 0 fully saturated rings. The summed E-state index contributed by atoms with van der Waals surface area (Å²) < 4.78 is 42.4. The average Bonchev–Trinajstić information content (AvgIpc) is 2.78. The van der Waals surface area contributed by atoms with Crippen molar-refractivity contribution in [3.8, 4) is 11.1 Å². The van der Waals surface area contributed by atoms with Gasteiger partial charge in [-0.1, -0.05) is 90.4 Å². The van der Waals surface area contributed by atoms with E-state index in [0.717, 1.165) is 22.2 Å². The highest BCUT2D eigenvalue weighted by Gasteiger charge is 2.43. The maximum atomic E-state index is 14.1. The van der Waals surface area contributed by atoms with Crippen LogP contribution in [-0.4, -0.2) is 6.85 Å². The normalized spacial score (nSPS) is 13.0. The molecule has 5 heteroatoms. The molecule has 0 saturated carbocycles. The molecule has 1 aliphatic heterocycles. The summed E-state index contributed by atoms with van der Waals surface area (Å²) in [4.78, 5) is 1.83. The standard InChI is InChI=1S/C25H17BF3N/c27-25(28,29)22-16-9-15-21-20-14-7-8-17-23(20)26(18-10-3-1-4-11-18)30(24(21)22)19-12-5-2-6-13-19/h1-17H. The minimum absolute atomic E-state index is 0.198. The lowest BCUT2D eigenvalue weighted by molar-refractivity contribution is -0.137. The molecule has 1 aliphatic rings. The van der Waals surface area contributed by atoms with Gasteiger partial charge in [-0.25, -0.2) is 0 Å². The van der Waals surface area contributed by atoms with E-state index in [9.17, 15) is 13.2 Å². The average molecular weight is 399 g/mol. The van der Waals surface area contributed by atoms with Gasteiger partial charge < -0.3 is 4.81 Å². The van der Waals surface area contributed by atoms with Crippen molar-refractivity contribution in [1.82, 2.24) is 0 Å². The molecular weight excluding hydrogens is 382 g/mol. The first-order valence-electron chi connectivity index (χ1n) is 9.74. The van der Waals surface area contributed by atoms with Crippen LogP contribution in [0, 0.1) is 0 Å². The molecule has 0 amide bonds. The number of hydrogen-bond acceptors (Lipinski definition) is 1. The summed E-state index contributed by atoms with van der Waals surface area (Å²) in [5.74, 6) is 0. The van der Waals surface area contributed by atoms with Gasteiger partial charge >= 0.3 is 13.0 Å². The van der Waals surface area contributed by atoms with Crippen molar-refractivity contribution in [1.29, 1.82) is 0 Å². The fourth-order valence-corrected chi connectivity index (χ4v) is 4.33. The Kier molecular flexibility index (Phi) is 4.39. The van der Waals surface area contributed by atoms with E-state index in [-0.39, 0.29) is 12.5 Å². The molecule has 0 aliphatic carbocycles. The van der Waals surface area contributed by atoms with Crippen molar-refractivity contribution in [3.05, 3.63) is 109 Å². The molecular formula is C25H17BF3N. The van der Waals surface area contributed by atoms with Crippen molar-refractivity contribution in [3.63, 3.8) is 0 Å². The van der Waals surface area contributed by atoms with E-state index in [1.54, 1.807) is 6.07 Å². The summed E-state index contributed by atoms with van der Waals surface area (Å²) in [5, 5.41) is 0. The fourth-order valence-electron chi connectivity index (χ4n) is 4.33. The second kappa shape index (κ2) is 7.10. The minimum atomic E-state index is -4.47. The summed E-state index contributed by atoms with van der Waals surface area (Å²) >= 11 is 0. The van der Waals surface area contributed by atoms with Crippen LogP contribution in [0.2, 0.25) is 0 Å². The van der Waals surface area contributed by atoms with Crippen LogP contribution in [-0.2, 0) is 6.18 Å². The SMILES string of the molecule is FC(F)(F)c1cccc2c1N(c1ccccc1)B(c1ccccc1)c1ccccc1-2. The van der Waals surface area contributed by atoms with Crippen LogP contribution in [0.5, 0.6) is 0 Å². The van der Waals surface area contributed by atoms with Crippen molar-refractivity contribution < 1.29 is 13.2 Å². The molecule has 0 aromatic heterocycles. The maximum Gasteiger partial charge on any atom is 0.418 e. The summed E-state index contributed by atoms with van der Waals surface area (Å²) in [7, 11) is 0. The lowest BCUT2D eigenvalue weighted by Crippen LogP contribution is -2.57. The van der Waals surface area contributed by atoms with Gasteiger partial charge in [0, 0.05) is 16.9 Å². The van der Waals surface area contributed by atoms with Crippen molar-refractivity contribution in [2.45, 2.75) is 6.18 Å². The van der Waals surface area contributed by atoms with Gasteiger partial charge in [-0.05, 0) is 29.2 Å². The Morgan fingerprint density at radius 2 is 1.20 bits per heavy atom. The molecule has 146 valence electrons. The predicted molar refractivity (Wildman–Crippen MR) is 117 cm³/mol. The van der Waals surface area contributed by atoms with Crippen LogP contribution in [0.4, 0.5) is 24.5 Å². The predicted octanol–water partition coefficient (Wildman–Crippen LogP) is 5.63. The molecule has 0 atom stereocenters. The molecule has 0 bridgehead atoms. The number of fused-ring (bicyclic) bond motifs is 3.